The molecule has 6 heteroatoms. The molecule has 3 saturated heterocycles. The van der Waals surface area contributed by atoms with Crippen LogP contribution in [0.5, 0.6) is 0 Å². The third-order valence-corrected chi connectivity index (χ3v) is 7.29. The van der Waals surface area contributed by atoms with Crippen LogP contribution in [0.2, 0.25) is 0 Å². The van der Waals surface area contributed by atoms with E-state index in [-0.39, 0.29) is 35.6 Å². The van der Waals surface area contributed by atoms with Crippen molar-refractivity contribution in [3.8, 4) is 0 Å². The average molecular weight is 414 g/mol. The van der Waals surface area contributed by atoms with Crippen LogP contribution >= 0.6 is 0 Å². The van der Waals surface area contributed by atoms with E-state index in [1.807, 2.05) is 38.2 Å². The van der Waals surface area contributed by atoms with Crippen molar-refractivity contribution in [1.29, 1.82) is 0 Å². The molecule has 3 aliphatic heterocycles. The first-order valence-corrected chi connectivity index (χ1v) is 11.4. The second-order valence-corrected chi connectivity index (χ2v) is 9.48. The van der Waals surface area contributed by atoms with Crippen LogP contribution in [0.3, 0.4) is 0 Å². The second kappa shape index (κ2) is 9.06. The van der Waals surface area contributed by atoms with Crippen LogP contribution < -0.4 is 5.32 Å². The fraction of sp³-hybridized carbons (Fsp3) is 0.667. The molecular weight excluding hydrogens is 378 g/mol. The molecule has 2 atom stereocenters. The van der Waals surface area contributed by atoms with Crippen LogP contribution in [0.4, 0.5) is 0 Å². The van der Waals surface area contributed by atoms with E-state index in [1.165, 1.54) is 18.4 Å². The summed E-state index contributed by atoms with van der Waals surface area (Å²) < 4.78 is 5.63. The molecule has 1 aromatic rings. The molecule has 3 heterocycles. The van der Waals surface area contributed by atoms with Gasteiger partial charge in [-0.1, -0.05) is 29.8 Å². The molecule has 4 rings (SSSR count). The number of amides is 2. The summed E-state index contributed by atoms with van der Waals surface area (Å²) in [5, 5.41) is 3.26. The van der Waals surface area contributed by atoms with Gasteiger partial charge in [0.15, 0.2) is 0 Å². The third-order valence-electron chi connectivity index (χ3n) is 7.29. The van der Waals surface area contributed by atoms with Gasteiger partial charge < -0.3 is 19.9 Å². The topological polar surface area (TPSA) is 61.9 Å². The molecule has 1 aromatic carbocycles. The van der Waals surface area contributed by atoms with Gasteiger partial charge >= 0.3 is 0 Å². The normalized spacial score (nSPS) is 26.9. The van der Waals surface area contributed by atoms with Crippen LogP contribution in [-0.2, 0) is 14.3 Å². The van der Waals surface area contributed by atoms with Crippen LogP contribution in [-0.4, -0.2) is 68.1 Å². The number of rotatable bonds is 6. The highest BCUT2D eigenvalue weighted by Gasteiger charge is 2.43. The first kappa shape index (κ1) is 21.3. The molecular formula is C24H35N3O3. The van der Waals surface area contributed by atoms with Crippen LogP contribution in [0.15, 0.2) is 24.3 Å². The Kier molecular flexibility index (Phi) is 6.44. The van der Waals surface area contributed by atoms with Crippen molar-refractivity contribution in [3.05, 3.63) is 35.4 Å². The lowest BCUT2D eigenvalue weighted by molar-refractivity contribution is -0.128. The number of likely N-dealkylation sites (tertiary alicyclic amines) is 2. The van der Waals surface area contributed by atoms with E-state index >= 15 is 0 Å². The van der Waals surface area contributed by atoms with Crippen molar-refractivity contribution in [1.82, 2.24) is 15.1 Å². The monoisotopic (exact) mass is 413 g/mol. The molecule has 0 aromatic heterocycles. The van der Waals surface area contributed by atoms with Gasteiger partial charge in [0.1, 0.15) is 0 Å². The van der Waals surface area contributed by atoms with Gasteiger partial charge in [-0.15, -0.1) is 0 Å². The molecule has 0 bridgehead atoms. The maximum absolute atomic E-state index is 13.3. The fourth-order valence-corrected chi connectivity index (χ4v) is 5.34. The smallest absolute Gasteiger partial charge is 0.226 e. The Balaban J connectivity index is 1.45. The minimum Gasteiger partial charge on any atom is -0.381 e. The van der Waals surface area contributed by atoms with Gasteiger partial charge in [0.05, 0.1) is 12.0 Å². The van der Waals surface area contributed by atoms with Crippen molar-refractivity contribution in [2.24, 2.45) is 11.3 Å². The lowest BCUT2D eigenvalue weighted by atomic mass is 9.79. The maximum atomic E-state index is 13.3. The predicted octanol–water partition coefficient (Wildman–Crippen LogP) is 2.52. The average Bonchev–Trinajstić information content (AvgIpc) is 3.36. The number of ether oxygens (including phenoxy) is 1. The molecule has 0 spiro atoms. The Morgan fingerprint density at radius 2 is 1.83 bits per heavy atom. The van der Waals surface area contributed by atoms with E-state index in [2.05, 4.69) is 10.2 Å². The Morgan fingerprint density at radius 3 is 2.50 bits per heavy atom. The molecule has 3 fully saturated rings. The number of nitrogens with one attached hydrogen (secondary N) is 1. The summed E-state index contributed by atoms with van der Waals surface area (Å²) in [5.74, 6) is -0.294. The summed E-state index contributed by atoms with van der Waals surface area (Å²) in [6.45, 7) is 7.59. The van der Waals surface area contributed by atoms with Gasteiger partial charge in [-0.05, 0) is 51.3 Å². The number of aryl methyl sites for hydroxylation is 1. The minimum atomic E-state index is -0.339. The summed E-state index contributed by atoms with van der Waals surface area (Å²) in [5.41, 5.74) is 2.29. The van der Waals surface area contributed by atoms with Crippen molar-refractivity contribution in [2.75, 3.05) is 46.4 Å². The first-order valence-electron chi connectivity index (χ1n) is 11.4. The summed E-state index contributed by atoms with van der Waals surface area (Å²) >= 11 is 0. The Bertz CT molecular complexity index is 751. The highest BCUT2D eigenvalue weighted by molar-refractivity contribution is 5.90. The number of hydrogen-bond donors (Lipinski definition) is 1. The molecule has 0 radical (unpaired) electrons. The zero-order valence-electron chi connectivity index (χ0n) is 18.4. The number of benzene rings is 1. The van der Waals surface area contributed by atoms with E-state index < -0.39 is 0 Å². The van der Waals surface area contributed by atoms with Gasteiger partial charge in [-0.3, -0.25) is 9.59 Å². The van der Waals surface area contributed by atoms with Crippen LogP contribution in [0, 0.1) is 18.3 Å². The highest BCUT2D eigenvalue weighted by Crippen LogP contribution is 2.38. The van der Waals surface area contributed by atoms with E-state index in [9.17, 15) is 9.59 Å². The lowest BCUT2D eigenvalue weighted by Gasteiger charge is -2.40. The molecule has 1 N–H and O–H groups in total. The minimum absolute atomic E-state index is 0.00515. The second-order valence-electron chi connectivity index (χ2n) is 9.48. The Labute approximate surface area is 179 Å². The quantitative estimate of drug-likeness (QED) is 0.779. The molecule has 30 heavy (non-hydrogen) atoms. The number of carbonyl (C=O) groups excluding carboxylic acids is 2. The zero-order valence-corrected chi connectivity index (χ0v) is 18.4. The molecule has 164 valence electrons. The molecule has 2 unspecified atom stereocenters. The summed E-state index contributed by atoms with van der Waals surface area (Å²) in [7, 11) is 1.81. The van der Waals surface area contributed by atoms with E-state index in [1.54, 1.807) is 4.90 Å². The predicted molar refractivity (Wildman–Crippen MR) is 116 cm³/mol. The van der Waals surface area contributed by atoms with Gasteiger partial charge in [-0.2, -0.15) is 0 Å². The molecule has 0 aliphatic carbocycles. The van der Waals surface area contributed by atoms with Crippen molar-refractivity contribution in [3.63, 3.8) is 0 Å². The number of hydrogen-bond acceptors (Lipinski definition) is 4. The highest BCUT2D eigenvalue weighted by atomic mass is 16.5. The lowest BCUT2D eigenvalue weighted by Crippen LogP contribution is -2.49. The largest absolute Gasteiger partial charge is 0.381 e. The maximum Gasteiger partial charge on any atom is 0.226 e. The first-order chi connectivity index (χ1) is 14.5. The van der Waals surface area contributed by atoms with Crippen molar-refractivity contribution >= 4 is 11.8 Å². The standard InChI is InChI=1S/C24H35N3O3/c1-18-5-7-19(8-6-18)22-20(15-21(28)26(22)2)23(29)25-16-24(9-13-30-14-10-24)17-27-11-3-4-12-27/h5-8,20,22H,3-4,9-17H2,1-2H3,(H,25,29). The Hall–Kier alpha value is -1.92. The number of nitrogens with zero attached hydrogens (tertiary/aromatic N) is 2. The summed E-state index contributed by atoms with van der Waals surface area (Å²) in [4.78, 5) is 30.0. The SMILES string of the molecule is Cc1ccc(C2C(C(=O)NCC3(CN4CCCC4)CCOCC3)CC(=O)N2C)cc1. The molecule has 3 aliphatic rings. The van der Waals surface area contributed by atoms with E-state index in [4.69, 9.17) is 4.74 Å². The molecule has 0 saturated carbocycles. The zero-order chi connectivity index (χ0) is 21.1. The molecule has 6 nitrogen and oxygen atoms in total. The van der Waals surface area contributed by atoms with Gasteiger partial charge in [0.25, 0.3) is 0 Å². The van der Waals surface area contributed by atoms with E-state index in [0.29, 0.717) is 6.54 Å². The van der Waals surface area contributed by atoms with Crippen molar-refractivity contribution < 1.29 is 14.3 Å². The van der Waals surface area contributed by atoms with Crippen molar-refractivity contribution in [2.45, 2.75) is 45.1 Å². The van der Waals surface area contributed by atoms with Crippen LogP contribution in [0.1, 0.15) is 49.3 Å². The van der Waals surface area contributed by atoms with E-state index in [0.717, 1.165) is 51.3 Å². The third kappa shape index (κ3) is 4.54. The fourth-order valence-electron chi connectivity index (χ4n) is 5.34. The van der Waals surface area contributed by atoms with Gasteiger partial charge in [0, 0.05) is 45.2 Å². The van der Waals surface area contributed by atoms with Crippen LogP contribution in [0.25, 0.3) is 0 Å². The molecule has 2 amide bonds. The van der Waals surface area contributed by atoms with Gasteiger partial charge in [0.2, 0.25) is 11.8 Å². The Morgan fingerprint density at radius 1 is 1.17 bits per heavy atom. The number of carbonyl (C=O) groups is 2. The summed E-state index contributed by atoms with van der Waals surface area (Å²) in [6, 6.07) is 8.00. The van der Waals surface area contributed by atoms with Gasteiger partial charge in [-0.25, -0.2) is 0 Å². The summed E-state index contributed by atoms with van der Waals surface area (Å²) in [6.07, 6.45) is 4.79.